The van der Waals surface area contributed by atoms with E-state index >= 15 is 0 Å². The molecule has 0 aliphatic rings. The summed E-state index contributed by atoms with van der Waals surface area (Å²) in [5.74, 6) is 0. The number of rotatable bonds is 20. The molecule has 0 aromatic carbocycles. The molecule has 3 N–H and O–H groups in total. The molecule has 0 atom stereocenters. The van der Waals surface area contributed by atoms with E-state index in [1.165, 1.54) is 0 Å². The molecule has 0 amide bonds. The van der Waals surface area contributed by atoms with Gasteiger partial charge in [0.1, 0.15) is 6.54 Å². The predicted molar refractivity (Wildman–Crippen MR) is 86.7 cm³/mol. The summed E-state index contributed by atoms with van der Waals surface area (Å²) >= 11 is 0. The van der Waals surface area contributed by atoms with Crippen molar-refractivity contribution in [2.24, 2.45) is 10.9 Å². The van der Waals surface area contributed by atoms with Crippen LogP contribution in [-0.4, -0.2) is 92.2 Å². The third-order valence-electron chi connectivity index (χ3n) is 2.56. The van der Waals surface area contributed by atoms with Gasteiger partial charge in [0, 0.05) is 19.6 Å². The Morgan fingerprint density at radius 2 is 1.09 bits per heavy atom. The maximum atomic E-state index is 9.79. The van der Waals surface area contributed by atoms with Crippen LogP contribution >= 0.6 is 0 Å². The Hall–Kier alpha value is -0.680. The molecule has 0 aromatic rings. The maximum absolute atomic E-state index is 9.79. The summed E-state index contributed by atoms with van der Waals surface area (Å²) < 4.78 is 26.4. The molecule has 23 heavy (non-hydrogen) atoms. The highest BCUT2D eigenvalue weighted by Gasteiger charge is 1.93. The average molecular weight is 337 g/mol. The summed E-state index contributed by atoms with van der Waals surface area (Å²) in [6.45, 7) is 7.61. The Morgan fingerprint density at radius 3 is 1.52 bits per heavy atom. The molecule has 0 heterocycles. The van der Waals surface area contributed by atoms with E-state index in [9.17, 15) is 4.91 Å². The molecular formula is C14H31N3O6. The van der Waals surface area contributed by atoms with E-state index in [1.807, 2.05) is 0 Å². The lowest BCUT2D eigenvalue weighted by Gasteiger charge is -2.08. The SMILES string of the molecule is NCCNCCOCCOCCOCCOCCOCCN=O. The molecule has 0 unspecified atom stereocenters. The third-order valence-corrected chi connectivity index (χ3v) is 2.56. The van der Waals surface area contributed by atoms with Gasteiger partial charge in [-0.15, -0.1) is 0 Å². The van der Waals surface area contributed by atoms with Gasteiger partial charge in [0.15, 0.2) is 0 Å². The zero-order valence-corrected chi connectivity index (χ0v) is 13.9. The highest BCUT2D eigenvalue weighted by atomic mass is 16.6. The van der Waals surface area contributed by atoms with Crippen LogP contribution in [0.3, 0.4) is 0 Å². The van der Waals surface area contributed by atoms with Crippen molar-refractivity contribution in [1.29, 1.82) is 0 Å². The molecule has 0 radical (unpaired) electrons. The van der Waals surface area contributed by atoms with Crippen molar-refractivity contribution in [3.8, 4) is 0 Å². The van der Waals surface area contributed by atoms with Crippen molar-refractivity contribution in [1.82, 2.24) is 5.32 Å². The monoisotopic (exact) mass is 337 g/mol. The first-order valence-electron chi connectivity index (χ1n) is 8.00. The van der Waals surface area contributed by atoms with E-state index in [2.05, 4.69) is 10.5 Å². The third kappa shape index (κ3) is 21.3. The van der Waals surface area contributed by atoms with Crippen LogP contribution in [0.1, 0.15) is 0 Å². The first kappa shape index (κ1) is 22.3. The molecule has 0 saturated carbocycles. The Bertz CT molecular complexity index is 237. The molecule has 9 nitrogen and oxygen atoms in total. The van der Waals surface area contributed by atoms with Crippen molar-refractivity contribution in [2.75, 3.05) is 92.2 Å². The van der Waals surface area contributed by atoms with Gasteiger partial charge >= 0.3 is 0 Å². The highest BCUT2D eigenvalue weighted by molar-refractivity contribution is 4.45. The summed E-state index contributed by atoms with van der Waals surface area (Å²) in [4.78, 5) is 9.79. The lowest BCUT2D eigenvalue weighted by molar-refractivity contribution is -0.0102. The molecule has 0 spiro atoms. The van der Waals surface area contributed by atoms with Crippen molar-refractivity contribution >= 4 is 0 Å². The summed E-state index contributed by atoms with van der Waals surface area (Å²) in [6.07, 6.45) is 0. The van der Waals surface area contributed by atoms with Crippen molar-refractivity contribution in [2.45, 2.75) is 0 Å². The zero-order chi connectivity index (χ0) is 16.8. The summed E-state index contributed by atoms with van der Waals surface area (Å²) in [5, 5.41) is 5.83. The largest absolute Gasteiger partial charge is 0.378 e. The van der Waals surface area contributed by atoms with Crippen LogP contribution in [0.2, 0.25) is 0 Å². The highest BCUT2D eigenvalue weighted by Crippen LogP contribution is 1.84. The van der Waals surface area contributed by atoms with Gasteiger partial charge in [0.2, 0.25) is 0 Å². The summed E-state index contributed by atoms with van der Waals surface area (Å²) in [5.41, 5.74) is 5.34. The number of hydrogen-bond donors (Lipinski definition) is 2. The van der Waals surface area contributed by atoms with Gasteiger partial charge in [-0.3, -0.25) is 0 Å². The van der Waals surface area contributed by atoms with Crippen molar-refractivity contribution in [3.63, 3.8) is 0 Å². The second-order valence-electron chi connectivity index (χ2n) is 4.45. The minimum Gasteiger partial charge on any atom is -0.378 e. The Kier molecular flexibility index (Phi) is 20.7. The number of nitrogens with zero attached hydrogens (tertiary/aromatic N) is 1. The molecule has 0 aromatic heterocycles. The van der Waals surface area contributed by atoms with Gasteiger partial charge < -0.3 is 34.7 Å². The van der Waals surface area contributed by atoms with E-state index in [0.29, 0.717) is 72.6 Å². The van der Waals surface area contributed by atoms with Crippen molar-refractivity contribution in [3.05, 3.63) is 4.91 Å². The van der Waals surface area contributed by atoms with Crippen LogP contribution in [0.15, 0.2) is 5.18 Å². The zero-order valence-electron chi connectivity index (χ0n) is 13.9. The topological polar surface area (TPSA) is 114 Å². The van der Waals surface area contributed by atoms with Crippen LogP contribution in [0.25, 0.3) is 0 Å². The minimum absolute atomic E-state index is 0.180. The van der Waals surface area contributed by atoms with Crippen LogP contribution in [-0.2, 0) is 23.7 Å². The second kappa shape index (κ2) is 21.3. The Labute approximate surface area is 138 Å². The van der Waals surface area contributed by atoms with Gasteiger partial charge in [-0.1, -0.05) is 5.18 Å². The molecule has 9 heteroatoms. The molecule has 0 rings (SSSR count). The van der Waals surface area contributed by atoms with E-state index in [-0.39, 0.29) is 6.54 Å². The van der Waals surface area contributed by atoms with E-state index < -0.39 is 0 Å². The molecule has 138 valence electrons. The normalized spacial score (nSPS) is 11.0. The van der Waals surface area contributed by atoms with E-state index in [1.54, 1.807) is 0 Å². The molecular weight excluding hydrogens is 306 g/mol. The number of ether oxygens (including phenoxy) is 5. The van der Waals surface area contributed by atoms with Crippen LogP contribution < -0.4 is 11.1 Å². The lowest BCUT2D eigenvalue weighted by Crippen LogP contribution is -2.26. The fourth-order valence-corrected chi connectivity index (χ4v) is 1.45. The average Bonchev–Trinajstić information content (AvgIpc) is 2.57. The van der Waals surface area contributed by atoms with Gasteiger partial charge in [0.05, 0.1) is 66.1 Å². The van der Waals surface area contributed by atoms with Gasteiger partial charge in [-0.05, 0) is 0 Å². The van der Waals surface area contributed by atoms with Crippen LogP contribution in [0.4, 0.5) is 0 Å². The number of nitrogens with two attached hydrogens (primary N) is 1. The second-order valence-corrected chi connectivity index (χ2v) is 4.45. The fourth-order valence-electron chi connectivity index (χ4n) is 1.45. The van der Waals surface area contributed by atoms with Gasteiger partial charge in [0.25, 0.3) is 0 Å². The lowest BCUT2D eigenvalue weighted by atomic mass is 10.6. The maximum Gasteiger partial charge on any atom is 0.104 e. The molecule has 0 fully saturated rings. The van der Waals surface area contributed by atoms with Crippen LogP contribution in [0.5, 0.6) is 0 Å². The summed E-state index contributed by atoms with van der Waals surface area (Å²) in [6, 6.07) is 0. The van der Waals surface area contributed by atoms with E-state index in [0.717, 1.165) is 13.1 Å². The fraction of sp³-hybridized carbons (Fsp3) is 1.00. The quantitative estimate of drug-likeness (QED) is 0.223. The van der Waals surface area contributed by atoms with Gasteiger partial charge in [-0.2, -0.15) is 4.91 Å². The minimum atomic E-state index is 0.180. The molecule has 0 bridgehead atoms. The molecule has 0 aliphatic carbocycles. The number of nitroso groups, excluding NO2 is 1. The number of hydrogen-bond acceptors (Lipinski definition) is 9. The Balaban J connectivity index is 2.93. The predicted octanol–water partition coefficient (Wildman–Crippen LogP) is -0.616. The van der Waals surface area contributed by atoms with Gasteiger partial charge in [-0.25, -0.2) is 0 Å². The molecule has 0 aliphatic heterocycles. The first-order valence-corrected chi connectivity index (χ1v) is 8.00. The van der Waals surface area contributed by atoms with E-state index in [4.69, 9.17) is 29.4 Å². The Morgan fingerprint density at radius 1 is 0.652 bits per heavy atom. The standard InChI is InChI=1S/C14H31N3O6/c15-1-2-16-3-5-19-7-9-21-11-13-23-14-12-22-10-8-20-6-4-17-18/h16H,1-15H2. The smallest absolute Gasteiger partial charge is 0.104 e. The summed E-state index contributed by atoms with van der Waals surface area (Å²) in [7, 11) is 0. The molecule has 0 saturated heterocycles. The number of nitrogens with one attached hydrogen (secondary N) is 1. The van der Waals surface area contributed by atoms with Crippen molar-refractivity contribution < 1.29 is 23.7 Å². The van der Waals surface area contributed by atoms with Crippen LogP contribution in [0, 0.1) is 4.91 Å². The first-order chi connectivity index (χ1) is 11.4.